The topological polar surface area (TPSA) is 67.2 Å². The van der Waals surface area contributed by atoms with Crippen molar-refractivity contribution in [1.29, 1.82) is 0 Å². The molecule has 1 saturated carbocycles. The first kappa shape index (κ1) is 22.7. The van der Waals surface area contributed by atoms with E-state index in [9.17, 15) is 14.0 Å². The van der Waals surface area contributed by atoms with Crippen molar-refractivity contribution in [3.63, 3.8) is 0 Å². The molecule has 1 aromatic heterocycles. The van der Waals surface area contributed by atoms with Gasteiger partial charge < -0.3 is 10.2 Å². The SMILES string of the molecule is CCCCN(CC(=O)Nc1cc(-c2ccccc2)nn1-c1ccc(F)cc1)C(=O)C1CCC1. The lowest BCUT2D eigenvalue weighted by Crippen LogP contribution is -2.43. The Bertz CT molecular complexity index is 1090. The zero-order chi connectivity index (χ0) is 23.2. The van der Waals surface area contributed by atoms with E-state index in [2.05, 4.69) is 17.3 Å². The maximum absolute atomic E-state index is 13.5. The van der Waals surface area contributed by atoms with E-state index in [0.29, 0.717) is 23.7 Å². The molecule has 2 amide bonds. The molecule has 3 aromatic rings. The third-order valence-electron chi connectivity index (χ3n) is 6.00. The molecule has 1 heterocycles. The lowest BCUT2D eigenvalue weighted by molar-refractivity contribution is -0.140. The van der Waals surface area contributed by atoms with Crippen LogP contribution in [0.3, 0.4) is 0 Å². The van der Waals surface area contributed by atoms with Gasteiger partial charge in [-0.3, -0.25) is 9.59 Å². The van der Waals surface area contributed by atoms with Gasteiger partial charge in [0.05, 0.1) is 17.9 Å². The lowest BCUT2D eigenvalue weighted by atomic mass is 9.84. The minimum Gasteiger partial charge on any atom is -0.333 e. The van der Waals surface area contributed by atoms with Crippen LogP contribution < -0.4 is 5.32 Å². The van der Waals surface area contributed by atoms with E-state index in [0.717, 1.165) is 37.7 Å². The summed E-state index contributed by atoms with van der Waals surface area (Å²) in [5.41, 5.74) is 2.21. The second-order valence-corrected chi connectivity index (χ2v) is 8.46. The number of nitrogens with zero attached hydrogens (tertiary/aromatic N) is 3. The van der Waals surface area contributed by atoms with Crippen molar-refractivity contribution in [3.05, 3.63) is 66.5 Å². The zero-order valence-corrected chi connectivity index (χ0v) is 18.8. The molecule has 0 bridgehead atoms. The summed E-state index contributed by atoms with van der Waals surface area (Å²) >= 11 is 0. The highest BCUT2D eigenvalue weighted by molar-refractivity contribution is 5.95. The number of carbonyl (C=O) groups is 2. The van der Waals surface area contributed by atoms with Crippen molar-refractivity contribution < 1.29 is 14.0 Å². The largest absolute Gasteiger partial charge is 0.333 e. The monoisotopic (exact) mass is 448 g/mol. The molecule has 4 rings (SSSR count). The fraction of sp³-hybridized carbons (Fsp3) is 0.346. The quantitative estimate of drug-likeness (QED) is 0.498. The van der Waals surface area contributed by atoms with Gasteiger partial charge in [0.15, 0.2) is 0 Å². The molecule has 2 aromatic carbocycles. The number of hydrogen-bond donors (Lipinski definition) is 1. The Balaban J connectivity index is 1.57. The molecule has 0 unspecified atom stereocenters. The number of hydrogen-bond acceptors (Lipinski definition) is 3. The Morgan fingerprint density at radius 2 is 1.85 bits per heavy atom. The minimum absolute atomic E-state index is 0.00456. The molecule has 6 nitrogen and oxygen atoms in total. The molecular weight excluding hydrogens is 419 g/mol. The van der Waals surface area contributed by atoms with Crippen LogP contribution >= 0.6 is 0 Å². The van der Waals surface area contributed by atoms with Gasteiger partial charge in [0.2, 0.25) is 11.8 Å². The number of anilines is 1. The molecule has 0 spiro atoms. The van der Waals surface area contributed by atoms with E-state index in [4.69, 9.17) is 0 Å². The number of unbranched alkanes of at least 4 members (excludes halogenated alkanes) is 1. The van der Waals surface area contributed by atoms with Crippen LogP contribution in [0.1, 0.15) is 39.0 Å². The second-order valence-electron chi connectivity index (χ2n) is 8.46. The van der Waals surface area contributed by atoms with Gasteiger partial charge in [-0.2, -0.15) is 5.10 Å². The van der Waals surface area contributed by atoms with Crippen LogP contribution in [-0.2, 0) is 9.59 Å². The lowest BCUT2D eigenvalue weighted by Gasteiger charge is -2.31. The number of carbonyl (C=O) groups excluding carboxylic acids is 2. The third kappa shape index (κ3) is 5.48. The summed E-state index contributed by atoms with van der Waals surface area (Å²) in [6, 6.07) is 17.4. The molecule has 0 aliphatic heterocycles. The van der Waals surface area contributed by atoms with E-state index >= 15 is 0 Å². The summed E-state index contributed by atoms with van der Waals surface area (Å²) in [5, 5.41) is 7.57. The standard InChI is InChI=1S/C26H29FN4O2/c1-2-3-16-30(26(33)20-10-7-11-20)18-25(32)28-24-17-23(19-8-5-4-6-9-19)29-31(24)22-14-12-21(27)13-15-22/h4-6,8-9,12-15,17,20H,2-3,7,10-11,16,18H2,1H3,(H,28,32). The predicted molar refractivity (Wildman–Crippen MR) is 126 cm³/mol. The van der Waals surface area contributed by atoms with E-state index in [1.807, 2.05) is 30.3 Å². The number of nitrogens with one attached hydrogen (secondary N) is 1. The van der Waals surface area contributed by atoms with Gasteiger partial charge in [-0.15, -0.1) is 0 Å². The molecule has 33 heavy (non-hydrogen) atoms. The first-order valence-corrected chi connectivity index (χ1v) is 11.5. The predicted octanol–water partition coefficient (Wildman–Crippen LogP) is 5.05. The van der Waals surface area contributed by atoms with Gasteiger partial charge in [-0.1, -0.05) is 50.1 Å². The Morgan fingerprint density at radius 1 is 1.12 bits per heavy atom. The summed E-state index contributed by atoms with van der Waals surface area (Å²) in [5.74, 6) is -0.0366. The summed E-state index contributed by atoms with van der Waals surface area (Å²) in [4.78, 5) is 27.5. The van der Waals surface area contributed by atoms with Crippen LogP contribution in [0.2, 0.25) is 0 Å². The number of amides is 2. The first-order chi connectivity index (χ1) is 16.0. The van der Waals surface area contributed by atoms with Crippen molar-refractivity contribution in [1.82, 2.24) is 14.7 Å². The van der Waals surface area contributed by atoms with Crippen molar-refractivity contribution in [2.75, 3.05) is 18.4 Å². The summed E-state index contributed by atoms with van der Waals surface area (Å²) in [7, 11) is 0. The highest BCUT2D eigenvalue weighted by Gasteiger charge is 2.30. The minimum atomic E-state index is -0.346. The number of benzene rings is 2. The van der Waals surface area contributed by atoms with Gasteiger partial charge in [0.25, 0.3) is 0 Å². The smallest absolute Gasteiger partial charge is 0.245 e. The Labute approximate surface area is 193 Å². The average molecular weight is 449 g/mol. The molecule has 1 N–H and O–H groups in total. The Morgan fingerprint density at radius 3 is 2.48 bits per heavy atom. The van der Waals surface area contributed by atoms with Crippen LogP contribution in [-0.4, -0.2) is 39.6 Å². The third-order valence-corrected chi connectivity index (χ3v) is 6.00. The van der Waals surface area contributed by atoms with Gasteiger partial charge in [0, 0.05) is 24.1 Å². The van der Waals surface area contributed by atoms with Crippen molar-refractivity contribution in [2.45, 2.75) is 39.0 Å². The maximum atomic E-state index is 13.5. The highest BCUT2D eigenvalue weighted by Crippen LogP contribution is 2.29. The second kappa shape index (κ2) is 10.4. The maximum Gasteiger partial charge on any atom is 0.245 e. The molecule has 172 valence electrons. The van der Waals surface area contributed by atoms with Crippen LogP contribution in [0.15, 0.2) is 60.7 Å². The molecule has 0 atom stereocenters. The molecule has 0 radical (unpaired) electrons. The molecule has 7 heteroatoms. The average Bonchev–Trinajstić information content (AvgIpc) is 3.20. The molecule has 1 fully saturated rings. The summed E-state index contributed by atoms with van der Waals surface area (Å²) < 4.78 is 15.1. The van der Waals surface area contributed by atoms with E-state index < -0.39 is 0 Å². The van der Waals surface area contributed by atoms with Crippen LogP contribution in [0.25, 0.3) is 16.9 Å². The van der Waals surface area contributed by atoms with Crippen molar-refractivity contribution >= 4 is 17.6 Å². The first-order valence-electron chi connectivity index (χ1n) is 11.5. The van der Waals surface area contributed by atoms with E-state index in [1.54, 1.807) is 27.8 Å². The van der Waals surface area contributed by atoms with E-state index in [-0.39, 0.29) is 30.1 Å². The zero-order valence-electron chi connectivity index (χ0n) is 18.8. The molecule has 1 aliphatic carbocycles. The van der Waals surface area contributed by atoms with Crippen LogP contribution in [0, 0.1) is 11.7 Å². The summed E-state index contributed by atoms with van der Waals surface area (Å²) in [6.45, 7) is 2.65. The molecule has 1 aliphatic rings. The fourth-order valence-corrected chi connectivity index (χ4v) is 3.88. The summed E-state index contributed by atoms with van der Waals surface area (Å²) in [6.07, 6.45) is 4.69. The van der Waals surface area contributed by atoms with Crippen LogP contribution in [0.5, 0.6) is 0 Å². The van der Waals surface area contributed by atoms with E-state index in [1.165, 1.54) is 12.1 Å². The Kier molecular flexibility index (Phi) is 7.17. The van der Waals surface area contributed by atoms with Gasteiger partial charge in [-0.05, 0) is 43.5 Å². The fourth-order valence-electron chi connectivity index (χ4n) is 3.88. The molecular formula is C26H29FN4O2. The normalized spacial score (nSPS) is 13.4. The number of halogens is 1. The van der Waals surface area contributed by atoms with Gasteiger partial charge >= 0.3 is 0 Å². The number of aromatic nitrogens is 2. The Hall–Kier alpha value is -3.48. The molecule has 0 saturated heterocycles. The van der Waals surface area contributed by atoms with Gasteiger partial charge in [-0.25, -0.2) is 9.07 Å². The van der Waals surface area contributed by atoms with Gasteiger partial charge in [0.1, 0.15) is 11.6 Å². The highest BCUT2D eigenvalue weighted by atomic mass is 19.1. The van der Waals surface area contributed by atoms with Crippen LogP contribution in [0.4, 0.5) is 10.2 Å². The number of rotatable bonds is 9. The van der Waals surface area contributed by atoms with Crippen molar-refractivity contribution in [2.24, 2.45) is 5.92 Å². The van der Waals surface area contributed by atoms with Crippen molar-refractivity contribution in [3.8, 4) is 16.9 Å².